The van der Waals surface area contributed by atoms with E-state index in [2.05, 4.69) is 63.8 Å². The van der Waals surface area contributed by atoms with Crippen molar-refractivity contribution in [3.05, 3.63) is 48.0 Å². The van der Waals surface area contributed by atoms with Crippen molar-refractivity contribution in [1.29, 1.82) is 0 Å². The predicted octanol–water partition coefficient (Wildman–Crippen LogP) is 5.43. The molecule has 0 spiro atoms. The summed E-state index contributed by atoms with van der Waals surface area (Å²) >= 11 is 0. The van der Waals surface area contributed by atoms with E-state index < -0.39 is 0 Å². The lowest BCUT2D eigenvalue weighted by atomic mass is 9.95. The molecule has 4 nitrogen and oxygen atoms in total. The second-order valence-electron chi connectivity index (χ2n) is 9.43. The number of piperidine rings is 1. The lowest BCUT2D eigenvalue weighted by Gasteiger charge is -2.34. The highest BCUT2D eigenvalue weighted by molar-refractivity contribution is 6.08. The molecule has 2 saturated heterocycles. The Bertz CT molecular complexity index is 1060. The number of amides is 1. The fourth-order valence-electron chi connectivity index (χ4n) is 5.75. The molecule has 2 aliphatic rings. The number of aryl methyl sites for hydroxylation is 1. The van der Waals surface area contributed by atoms with E-state index >= 15 is 0 Å². The summed E-state index contributed by atoms with van der Waals surface area (Å²) in [5.41, 5.74) is 3.99. The van der Waals surface area contributed by atoms with E-state index in [1.807, 2.05) is 0 Å². The van der Waals surface area contributed by atoms with E-state index in [1.165, 1.54) is 53.1 Å². The first-order valence-electron chi connectivity index (χ1n) is 12.3. The molecule has 164 valence electrons. The second kappa shape index (κ2) is 9.04. The van der Waals surface area contributed by atoms with Crippen LogP contribution in [0.3, 0.4) is 0 Å². The summed E-state index contributed by atoms with van der Waals surface area (Å²) in [7, 11) is 0. The van der Waals surface area contributed by atoms with Crippen LogP contribution in [0.5, 0.6) is 0 Å². The molecule has 0 radical (unpaired) electrons. The van der Waals surface area contributed by atoms with Gasteiger partial charge in [-0.25, -0.2) is 0 Å². The number of hydrogen-bond donors (Lipinski definition) is 0. The predicted molar refractivity (Wildman–Crippen MR) is 128 cm³/mol. The van der Waals surface area contributed by atoms with Gasteiger partial charge in [0.25, 0.3) is 0 Å². The fraction of sp³-hybridized carbons (Fsp3) is 0.519. The number of fused-ring (bicyclic) bond motifs is 3. The SMILES string of the molecule is CCn1c2ccccc2c2cc(CN3CCC[C@H](C(=O)N4CCCCCC4)C3)ccc21. The van der Waals surface area contributed by atoms with Crippen LogP contribution in [0.4, 0.5) is 0 Å². The molecular formula is C27H35N3O. The molecule has 3 heterocycles. The van der Waals surface area contributed by atoms with E-state index in [-0.39, 0.29) is 5.92 Å². The molecule has 2 aromatic carbocycles. The van der Waals surface area contributed by atoms with E-state index in [4.69, 9.17) is 0 Å². The molecule has 0 aliphatic carbocycles. The summed E-state index contributed by atoms with van der Waals surface area (Å²) in [5.74, 6) is 0.589. The van der Waals surface area contributed by atoms with Crippen LogP contribution in [-0.4, -0.2) is 46.5 Å². The van der Waals surface area contributed by atoms with Crippen LogP contribution >= 0.6 is 0 Å². The Morgan fingerprint density at radius 3 is 2.48 bits per heavy atom. The summed E-state index contributed by atoms with van der Waals surface area (Å²) in [6.07, 6.45) is 7.08. The van der Waals surface area contributed by atoms with Gasteiger partial charge in [0.05, 0.1) is 5.92 Å². The Kier molecular flexibility index (Phi) is 5.99. The normalized spacial score (nSPS) is 20.9. The number of carbonyl (C=O) groups excluding carboxylic acids is 1. The highest BCUT2D eigenvalue weighted by Crippen LogP contribution is 2.30. The molecule has 1 atom stereocenters. The Morgan fingerprint density at radius 1 is 0.903 bits per heavy atom. The number of hydrogen-bond acceptors (Lipinski definition) is 2. The van der Waals surface area contributed by atoms with Crippen molar-refractivity contribution in [3.63, 3.8) is 0 Å². The number of nitrogens with zero attached hydrogens (tertiary/aromatic N) is 3. The molecule has 1 aromatic heterocycles. The van der Waals surface area contributed by atoms with Gasteiger partial charge < -0.3 is 9.47 Å². The molecule has 5 rings (SSSR count). The number of rotatable bonds is 4. The first-order chi connectivity index (χ1) is 15.2. The second-order valence-corrected chi connectivity index (χ2v) is 9.43. The van der Waals surface area contributed by atoms with Crippen LogP contribution in [-0.2, 0) is 17.9 Å². The van der Waals surface area contributed by atoms with Gasteiger partial charge in [-0.3, -0.25) is 9.69 Å². The van der Waals surface area contributed by atoms with Crippen LogP contribution < -0.4 is 0 Å². The molecule has 31 heavy (non-hydrogen) atoms. The average molecular weight is 418 g/mol. The van der Waals surface area contributed by atoms with Crippen LogP contribution in [0.2, 0.25) is 0 Å². The zero-order chi connectivity index (χ0) is 21.2. The average Bonchev–Trinajstić information content (AvgIpc) is 2.94. The number of carbonyl (C=O) groups is 1. The summed E-state index contributed by atoms with van der Waals surface area (Å²) < 4.78 is 2.41. The van der Waals surface area contributed by atoms with Crippen molar-refractivity contribution < 1.29 is 4.79 Å². The highest BCUT2D eigenvalue weighted by Gasteiger charge is 2.29. The number of benzene rings is 2. The molecular weight excluding hydrogens is 382 g/mol. The smallest absolute Gasteiger partial charge is 0.226 e. The van der Waals surface area contributed by atoms with Crippen molar-refractivity contribution >= 4 is 27.7 Å². The standard InChI is InChI=1S/C27H35N3O/c1-2-30-25-12-6-5-11-23(25)24-18-21(13-14-26(24)30)19-28-15-9-10-22(20-28)27(31)29-16-7-3-4-8-17-29/h5-6,11-14,18,22H,2-4,7-10,15-17,19-20H2,1H3/t22-/m0/s1. The quantitative estimate of drug-likeness (QED) is 0.566. The van der Waals surface area contributed by atoms with Crippen LogP contribution in [0, 0.1) is 5.92 Å². The molecule has 2 aliphatic heterocycles. The Balaban J connectivity index is 1.33. The largest absolute Gasteiger partial charge is 0.342 e. The maximum Gasteiger partial charge on any atom is 0.226 e. The summed E-state index contributed by atoms with van der Waals surface area (Å²) in [6, 6.07) is 15.7. The zero-order valence-corrected chi connectivity index (χ0v) is 18.9. The Hall–Kier alpha value is -2.33. The first kappa shape index (κ1) is 20.6. The van der Waals surface area contributed by atoms with Gasteiger partial charge in [0.1, 0.15) is 0 Å². The zero-order valence-electron chi connectivity index (χ0n) is 18.9. The summed E-state index contributed by atoms with van der Waals surface area (Å²) in [4.78, 5) is 17.8. The van der Waals surface area contributed by atoms with Gasteiger partial charge in [0, 0.05) is 54.5 Å². The molecule has 1 amide bonds. The maximum atomic E-state index is 13.2. The molecule has 0 bridgehead atoms. The van der Waals surface area contributed by atoms with Gasteiger partial charge in [-0.2, -0.15) is 0 Å². The number of aromatic nitrogens is 1. The minimum atomic E-state index is 0.178. The monoisotopic (exact) mass is 417 g/mol. The third-order valence-corrected chi connectivity index (χ3v) is 7.33. The van der Waals surface area contributed by atoms with Crippen molar-refractivity contribution in [3.8, 4) is 0 Å². The molecule has 4 heteroatoms. The Labute approximate surface area is 185 Å². The molecule has 0 saturated carbocycles. The van der Waals surface area contributed by atoms with Gasteiger partial charge in [0.2, 0.25) is 5.91 Å². The first-order valence-corrected chi connectivity index (χ1v) is 12.3. The maximum absolute atomic E-state index is 13.2. The minimum Gasteiger partial charge on any atom is -0.342 e. The van der Waals surface area contributed by atoms with Crippen LogP contribution in [0.15, 0.2) is 42.5 Å². The van der Waals surface area contributed by atoms with E-state index in [0.29, 0.717) is 5.91 Å². The molecule has 3 aromatic rings. The molecule has 0 N–H and O–H groups in total. The minimum absolute atomic E-state index is 0.178. The highest BCUT2D eigenvalue weighted by atomic mass is 16.2. The number of likely N-dealkylation sites (tertiary alicyclic amines) is 2. The van der Waals surface area contributed by atoms with Crippen LogP contribution in [0.1, 0.15) is 51.0 Å². The van der Waals surface area contributed by atoms with E-state index in [0.717, 1.165) is 52.1 Å². The van der Waals surface area contributed by atoms with Gasteiger partial charge in [0.15, 0.2) is 0 Å². The lowest BCUT2D eigenvalue weighted by Crippen LogP contribution is -2.44. The summed E-state index contributed by atoms with van der Waals surface area (Å²) in [5, 5.41) is 2.69. The summed E-state index contributed by atoms with van der Waals surface area (Å²) in [6.45, 7) is 8.07. The third kappa shape index (κ3) is 4.10. The van der Waals surface area contributed by atoms with Crippen molar-refractivity contribution in [2.45, 2.75) is 58.5 Å². The third-order valence-electron chi connectivity index (χ3n) is 7.33. The Morgan fingerprint density at radius 2 is 1.68 bits per heavy atom. The van der Waals surface area contributed by atoms with Crippen molar-refractivity contribution in [2.24, 2.45) is 5.92 Å². The number of para-hydroxylation sites is 1. The lowest BCUT2D eigenvalue weighted by molar-refractivity contribution is -0.137. The van der Waals surface area contributed by atoms with E-state index in [9.17, 15) is 4.79 Å². The van der Waals surface area contributed by atoms with Gasteiger partial charge in [-0.05, 0) is 62.9 Å². The van der Waals surface area contributed by atoms with E-state index in [1.54, 1.807) is 0 Å². The fourth-order valence-corrected chi connectivity index (χ4v) is 5.75. The van der Waals surface area contributed by atoms with Gasteiger partial charge in [-0.15, -0.1) is 0 Å². The molecule has 2 fully saturated rings. The van der Waals surface area contributed by atoms with Crippen molar-refractivity contribution in [2.75, 3.05) is 26.2 Å². The molecule has 0 unspecified atom stereocenters. The topological polar surface area (TPSA) is 28.5 Å². The van der Waals surface area contributed by atoms with Gasteiger partial charge in [-0.1, -0.05) is 37.1 Å². The van der Waals surface area contributed by atoms with Crippen molar-refractivity contribution in [1.82, 2.24) is 14.4 Å². The van der Waals surface area contributed by atoms with Crippen LogP contribution in [0.25, 0.3) is 21.8 Å². The van der Waals surface area contributed by atoms with Gasteiger partial charge >= 0.3 is 0 Å².